The molecule has 1 unspecified atom stereocenters. The number of aliphatic hydroxyl groups is 1. The molecule has 1 aromatic heterocycles. The second-order valence-electron chi connectivity index (χ2n) is 7.53. The summed E-state index contributed by atoms with van der Waals surface area (Å²) in [6.07, 6.45) is -4.35. The van der Waals surface area contributed by atoms with Gasteiger partial charge in [-0.15, -0.1) is 10.2 Å². The standard InChI is InChI=1S/C22H21F3N4O/c1-4-13-9-16-18(10-17(13)22(23,24)25)29-11-26-28-20(29)21(30)27-19(16)15-8-6-5-7-14(15)12(2)3/h5-12,21,30H,4H2,1-3H3. The molecule has 0 radical (unpaired) electrons. The van der Waals surface area contributed by atoms with Crippen LogP contribution in [0.4, 0.5) is 13.2 Å². The van der Waals surface area contributed by atoms with Crippen molar-refractivity contribution < 1.29 is 18.3 Å². The summed E-state index contributed by atoms with van der Waals surface area (Å²) >= 11 is 0. The highest BCUT2D eigenvalue weighted by atomic mass is 19.4. The number of hydrogen-bond acceptors (Lipinski definition) is 4. The Morgan fingerprint density at radius 2 is 1.87 bits per heavy atom. The van der Waals surface area contributed by atoms with Gasteiger partial charge in [0.05, 0.1) is 17.0 Å². The van der Waals surface area contributed by atoms with E-state index < -0.39 is 18.0 Å². The van der Waals surface area contributed by atoms with Gasteiger partial charge in [0.25, 0.3) is 0 Å². The minimum atomic E-state index is -4.51. The number of rotatable bonds is 3. The Hall–Kier alpha value is -3.00. The van der Waals surface area contributed by atoms with Crippen LogP contribution in [0.1, 0.15) is 66.6 Å². The van der Waals surface area contributed by atoms with Crippen LogP contribution in [0.15, 0.2) is 47.7 Å². The van der Waals surface area contributed by atoms with Crippen molar-refractivity contribution in [2.24, 2.45) is 4.99 Å². The van der Waals surface area contributed by atoms with Gasteiger partial charge in [0.2, 0.25) is 6.23 Å². The molecule has 8 heteroatoms. The van der Waals surface area contributed by atoms with Gasteiger partial charge in [-0.3, -0.25) is 4.57 Å². The summed E-state index contributed by atoms with van der Waals surface area (Å²) in [6.45, 7) is 5.75. The highest BCUT2D eigenvalue weighted by molar-refractivity contribution is 6.16. The van der Waals surface area contributed by atoms with E-state index in [4.69, 9.17) is 0 Å². The smallest absolute Gasteiger partial charge is 0.365 e. The SMILES string of the molecule is CCc1cc2c(cc1C(F)(F)F)-n1cnnc1C(O)N=C2c1ccccc1C(C)C. The average Bonchev–Trinajstić information content (AvgIpc) is 3.16. The van der Waals surface area contributed by atoms with Crippen LogP contribution in [0, 0.1) is 0 Å². The summed E-state index contributed by atoms with van der Waals surface area (Å²) in [6, 6.07) is 10.2. The van der Waals surface area contributed by atoms with Gasteiger partial charge in [-0.25, -0.2) is 4.99 Å². The first kappa shape index (κ1) is 20.3. The fourth-order valence-corrected chi connectivity index (χ4v) is 3.86. The lowest BCUT2D eigenvalue weighted by molar-refractivity contribution is -0.138. The molecule has 3 aromatic rings. The molecule has 1 aliphatic heterocycles. The molecule has 0 saturated carbocycles. The van der Waals surface area contributed by atoms with E-state index in [1.165, 1.54) is 17.0 Å². The number of aliphatic hydroxyl groups excluding tert-OH is 1. The van der Waals surface area contributed by atoms with Crippen molar-refractivity contribution in [3.63, 3.8) is 0 Å². The number of aromatic nitrogens is 3. The fourth-order valence-electron chi connectivity index (χ4n) is 3.86. The molecule has 2 aromatic carbocycles. The Balaban J connectivity index is 2.08. The number of hydrogen-bond donors (Lipinski definition) is 1. The predicted octanol–water partition coefficient (Wildman–Crippen LogP) is 4.81. The normalized spacial score (nSPS) is 16.1. The molecule has 1 aliphatic rings. The summed E-state index contributed by atoms with van der Waals surface area (Å²) in [4.78, 5) is 4.48. The molecule has 2 heterocycles. The van der Waals surface area contributed by atoms with Crippen molar-refractivity contribution in [3.05, 3.63) is 76.4 Å². The first-order valence-electron chi connectivity index (χ1n) is 9.72. The summed E-state index contributed by atoms with van der Waals surface area (Å²) < 4.78 is 42.6. The largest absolute Gasteiger partial charge is 0.416 e. The van der Waals surface area contributed by atoms with Crippen LogP contribution < -0.4 is 0 Å². The maximum absolute atomic E-state index is 13.8. The van der Waals surface area contributed by atoms with Gasteiger partial charge in [0.15, 0.2) is 5.82 Å². The van der Waals surface area contributed by atoms with Crippen molar-refractivity contribution in [2.45, 2.75) is 45.5 Å². The Labute approximate surface area is 171 Å². The van der Waals surface area contributed by atoms with Gasteiger partial charge in [-0.1, -0.05) is 45.0 Å². The highest BCUT2D eigenvalue weighted by Crippen LogP contribution is 2.38. The van der Waals surface area contributed by atoms with E-state index in [1.807, 2.05) is 38.1 Å². The Bertz CT molecular complexity index is 1130. The first-order chi connectivity index (χ1) is 14.2. The molecule has 1 N–H and O–H groups in total. The van der Waals surface area contributed by atoms with E-state index in [9.17, 15) is 18.3 Å². The maximum atomic E-state index is 13.8. The van der Waals surface area contributed by atoms with Gasteiger partial charge >= 0.3 is 6.18 Å². The van der Waals surface area contributed by atoms with Crippen LogP contribution in [-0.4, -0.2) is 25.6 Å². The van der Waals surface area contributed by atoms with Crippen molar-refractivity contribution in [2.75, 3.05) is 0 Å². The number of fused-ring (bicyclic) bond motifs is 3. The van der Waals surface area contributed by atoms with E-state index in [1.54, 1.807) is 6.92 Å². The quantitative estimate of drug-likeness (QED) is 0.669. The van der Waals surface area contributed by atoms with E-state index in [2.05, 4.69) is 15.2 Å². The van der Waals surface area contributed by atoms with Crippen LogP contribution in [0.5, 0.6) is 0 Å². The molecule has 1 atom stereocenters. The molecule has 0 spiro atoms. The number of nitrogens with zero attached hydrogens (tertiary/aromatic N) is 4. The lowest BCUT2D eigenvalue weighted by atomic mass is 9.89. The molecule has 30 heavy (non-hydrogen) atoms. The first-order valence-corrected chi connectivity index (χ1v) is 9.72. The molecule has 0 aliphatic carbocycles. The Morgan fingerprint density at radius 3 is 2.53 bits per heavy atom. The topological polar surface area (TPSA) is 63.3 Å². The number of alkyl halides is 3. The zero-order valence-corrected chi connectivity index (χ0v) is 16.8. The van der Waals surface area contributed by atoms with Gasteiger partial charge in [-0.2, -0.15) is 13.2 Å². The third-order valence-corrected chi connectivity index (χ3v) is 5.32. The van der Waals surface area contributed by atoms with Crippen LogP contribution in [-0.2, 0) is 12.6 Å². The van der Waals surface area contributed by atoms with Crippen molar-refractivity contribution in [1.29, 1.82) is 0 Å². The maximum Gasteiger partial charge on any atom is 0.416 e. The van der Waals surface area contributed by atoms with Crippen molar-refractivity contribution in [3.8, 4) is 5.69 Å². The Kier molecular flexibility index (Phi) is 4.97. The summed E-state index contributed by atoms with van der Waals surface area (Å²) in [5.41, 5.74) is 2.41. The molecular weight excluding hydrogens is 393 g/mol. The van der Waals surface area contributed by atoms with E-state index in [0.717, 1.165) is 17.2 Å². The predicted molar refractivity (Wildman–Crippen MR) is 107 cm³/mol. The number of aliphatic imine (C=N–C) groups is 1. The lowest BCUT2D eigenvalue weighted by Crippen LogP contribution is -2.15. The molecule has 0 amide bonds. The second-order valence-corrected chi connectivity index (χ2v) is 7.53. The zero-order valence-electron chi connectivity index (χ0n) is 16.8. The lowest BCUT2D eigenvalue weighted by Gasteiger charge is -2.20. The van der Waals surface area contributed by atoms with Gasteiger partial charge in [0.1, 0.15) is 6.33 Å². The summed E-state index contributed by atoms with van der Waals surface area (Å²) in [5.74, 6) is 0.234. The molecule has 0 bridgehead atoms. The van der Waals surface area contributed by atoms with Crippen molar-refractivity contribution in [1.82, 2.24) is 14.8 Å². The minimum Gasteiger partial charge on any atom is -0.365 e. The van der Waals surface area contributed by atoms with Gasteiger partial charge in [-0.05, 0) is 35.6 Å². The third kappa shape index (κ3) is 3.31. The molecule has 156 valence electrons. The third-order valence-electron chi connectivity index (χ3n) is 5.32. The van der Waals surface area contributed by atoms with Gasteiger partial charge in [0, 0.05) is 11.1 Å². The van der Waals surface area contributed by atoms with E-state index >= 15 is 0 Å². The molecule has 0 fully saturated rings. The van der Waals surface area contributed by atoms with Crippen LogP contribution >= 0.6 is 0 Å². The molecule has 5 nitrogen and oxygen atoms in total. The zero-order chi connectivity index (χ0) is 21.6. The molecular formula is C22H21F3N4O. The van der Waals surface area contributed by atoms with Crippen LogP contribution in [0.25, 0.3) is 5.69 Å². The van der Waals surface area contributed by atoms with Crippen molar-refractivity contribution >= 4 is 5.71 Å². The number of halogens is 3. The highest BCUT2D eigenvalue weighted by Gasteiger charge is 2.36. The molecule has 4 rings (SSSR count). The summed E-state index contributed by atoms with van der Waals surface area (Å²) in [5, 5.41) is 18.4. The van der Waals surface area contributed by atoms with Crippen LogP contribution in [0.3, 0.4) is 0 Å². The fraction of sp³-hybridized carbons (Fsp3) is 0.318. The van der Waals surface area contributed by atoms with Crippen LogP contribution in [0.2, 0.25) is 0 Å². The molecule has 0 saturated heterocycles. The van der Waals surface area contributed by atoms with E-state index in [0.29, 0.717) is 11.3 Å². The minimum absolute atomic E-state index is 0.0747. The number of benzene rings is 2. The van der Waals surface area contributed by atoms with E-state index in [-0.39, 0.29) is 29.4 Å². The van der Waals surface area contributed by atoms with Gasteiger partial charge < -0.3 is 5.11 Å². The number of aryl methyl sites for hydroxylation is 1. The Morgan fingerprint density at radius 1 is 1.13 bits per heavy atom. The summed E-state index contributed by atoms with van der Waals surface area (Å²) in [7, 11) is 0. The second kappa shape index (κ2) is 7.36. The average molecular weight is 414 g/mol. The monoisotopic (exact) mass is 414 g/mol.